The van der Waals surface area contributed by atoms with Gasteiger partial charge in [-0.15, -0.1) is 0 Å². The molecule has 0 aliphatic carbocycles. The average molecular weight is 550 g/mol. The zero-order chi connectivity index (χ0) is 29.0. The van der Waals surface area contributed by atoms with E-state index in [-0.39, 0.29) is 12.4 Å². The van der Waals surface area contributed by atoms with Crippen molar-refractivity contribution < 1.29 is 19.0 Å². The van der Waals surface area contributed by atoms with Crippen molar-refractivity contribution in [3.8, 4) is 17.2 Å². The third-order valence-electron chi connectivity index (χ3n) is 6.78. The average Bonchev–Trinajstić information content (AvgIpc) is 2.98. The van der Waals surface area contributed by atoms with Crippen molar-refractivity contribution in [3.63, 3.8) is 0 Å². The lowest BCUT2D eigenvalue weighted by molar-refractivity contribution is -0.133. The topological polar surface area (TPSA) is 48.0 Å². The van der Waals surface area contributed by atoms with Crippen LogP contribution in [-0.2, 0) is 17.6 Å². The molecule has 212 valence electrons. The van der Waals surface area contributed by atoms with Crippen LogP contribution in [0.3, 0.4) is 0 Å². The van der Waals surface area contributed by atoms with Crippen LogP contribution in [0, 0.1) is 0 Å². The van der Waals surface area contributed by atoms with Crippen LogP contribution in [0.1, 0.15) is 35.6 Å². The highest BCUT2D eigenvalue weighted by Gasteiger charge is 2.13. The summed E-state index contributed by atoms with van der Waals surface area (Å²) in [5.41, 5.74) is 6.65. The predicted octanol–water partition coefficient (Wildman–Crippen LogP) is 7.24. The predicted molar refractivity (Wildman–Crippen MR) is 166 cm³/mol. The van der Waals surface area contributed by atoms with E-state index in [1.54, 1.807) is 7.11 Å². The van der Waals surface area contributed by atoms with Crippen LogP contribution in [0.5, 0.6) is 17.2 Å². The minimum absolute atomic E-state index is 0.234. The fourth-order valence-electron chi connectivity index (χ4n) is 4.71. The molecule has 4 aromatic carbocycles. The number of ether oxygens (including phenoxy) is 3. The second-order valence-corrected chi connectivity index (χ2v) is 10.4. The molecule has 0 radical (unpaired) electrons. The minimum atomic E-state index is -0.281. The summed E-state index contributed by atoms with van der Waals surface area (Å²) in [5.74, 6) is 1.95. The second kappa shape index (κ2) is 14.9. The number of esters is 1. The Labute approximate surface area is 244 Å². The Morgan fingerprint density at radius 2 is 1.24 bits per heavy atom. The first-order valence-electron chi connectivity index (χ1n) is 14.0. The molecule has 0 fully saturated rings. The quantitative estimate of drug-likeness (QED) is 0.1000. The molecule has 5 heteroatoms. The number of benzene rings is 4. The van der Waals surface area contributed by atoms with Crippen molar-refractivity contribution in [2.75, 3.05) is 34.4 Å². The smallest absolute Gasteiger partial charge is 0.315 e. The Kier molecular flexibility index (Phi) is 10.7. The molecule has 0 aliphatic heterocycles. The van der Waals surface area contributed by atoms with E-state index in [1.165, 1.54) is 11.1 Å². The fourth-order valence-corrected chi connectivity index (χ4v) is 4.71. The lowest BCUT2D eigenvalue weighted by Crippen LogP contribution is -2.15. The first kappa shape index (κ1) is 29.6. The van der Waals surface area contributed by atoms with Crippen LogP contribution >= 0.6 is 0 Å². The zero-order valence-corrected chi connectivity index (χ0v) is 24.4. The summed E-state index contributed by atoms with van der Waals surface area (Å²) in [4.78, 5) is 14.6. The molecule has 0 saturated carbocycles. The van der Waals surface area contributed by atoms with Crippen LogP contribution in [0.2, 0.25) is 0 Å². The molecule has 0 aromatic heterocycles. The number of hydrogen-bond donors (Lipinski definition) is 0. The Morgan fingerprint density at radius 1 is 0.683 bits per heavy atom. The molecular weight excluding hydrogens is 510 g/mol. The number of carbonyl (C=O) groups is 1. The molecule has 4 aromatic rings. The standard InChI is InChI=1S/C36H39NO4/c1-27(25-29-11-17-32(39-4)18-12-29)36(30-13-19-33(20-14-30)40-24-8-23-37(2)3)31-15-21-34(22-16-31)41-35(38)26-28-9-6-5-7-10-28/h5-7,9-22H,8,23-26H2,1-4H3/b36-27-. The van der Waals surface area contributed by atoms with Crippen LogP contribution in [0.25, 0.3) is 5.57 Å². The van der Waals surface area contributed by atoms with Crippen LogP contribution in [-0.4, -0.2) is 45.2 Å². The third-order valence-corrected chi connectivity index (χ3v) is 6.78. The van der Waals surface area contributed by atoms with Gasteiger partial charge in [-0.1, -0.05) is 72.3 Å². The van der Waals surface area contributed by atoms with Gasteiger partial charge in [0.15, 0.2) is 0 Å². The van der Waals surface area contributed by atoms with E-state index in [9.17, 15) is 4.79 Å². The van der Waals surface area contributed by atoms with Crippen LogP contribution < -0.4 is 14.2 Å². The van der Waals surface area contributed by atoms with Crippen LogP contribution in [0.4, 0.5) is 0 Å². The van der Waals surface area contributed by atoms with Gasteiger partial charge in [-0.25, -0.2) is 0 Å². The summed E-state index contributed by atoms with van der Waals surface area (Å²) in [6.07, 6.45) is 2.00. The molecule has 4 rings (SSSR count). The minimum Gasteiger partial charge on any atom is -0.497 e. The van der Waals surface area contributed by atoms with E-state index in [4.69, 9.17) is 14.2 Å². The Balaban J connectivity index is 1.55. The summed E-state index contributed by atoms with van der Waals surface area (Å²) in [5, 5.41) is 0. The van der Waals surface area contributed by atoms with Gasteiger partial charge in [0, 0.05) is 6.54 Å². The maximum atomic E-state index is 12.5. The van der Waals surface area contributed by atoms with Crippen molar-refractivity contribution in [2.45, 2.75) is 26.2 Å². The first-order valence-corrected chi connectivity index (χ1v) is 14.0. The van der Waals surface area contributed by atoms with E-state index < -0.39 is 0 Å². The van der Waals surface area contributed by atoms with Gasteiger partial charge in [0.25, 0.3) is 0 Å². The van der Waals surface area contributed by atoms with E-state index in [0.717, 1.165) is 53.1 Å². The van der Waals surface area contributed by atoms with Crippen molar-refractivity contribution in [2.24, 2.45) is 0 Å². The summed E-state index contributed by atoms with van der Waals surface area (Å²) >= 11 is 0. The van der Waals surface area contributed by atoms with Gasteiger partial charge < -0.3 is 19.1 Å². The van der Waals surface area contributed by atoms with Gasteiger partial charge >= 0.3 is 5.97 Å². The number of methoxy groups -OCH3 is 1. The lowest BCUT2D eigenvalue weighted by Gasteiger charge is -2.16. The highest BCUT2D eigenvalue weighted by atomic mass is 16.5. The molecule has 0 atom stereocenters. The first-order chi connectivity index (χ1) is 19.9. The molecule has 0 bridgehead atoms. The summed E-state index contributed by atoms with van der Waals surface area (Å²) in [6.45, 7) is 3.84. The molecule has 0 heterocycles. The molecular formula is C36H39NO4. The summed E-state index contributed by atoms with van der Waals surface area (Å²) in [7, 11) is 5.81. The molecule has 5 nitrogen and oxygen atoms in total. The number of nitrogens with zero attached hydrogens (tertiary/aromatic N) is 1. The number of rotatable bonds is 13. The van der Waals surface area contributed by atoms with Gasteiger partial charge in [-0.05, 0) is 98.1 Å². The third kappa shape index (κ3) is 9.09. The van der Waals surface area contributed by atoms with Crippen molar-refractivity contribution >= 4 is 11.5 Å². The molecule has 0 saturated heterocycles. The SMILES string of the molecule is COc1ccc(C/C(C)=C(/c2ccc(OCCCN(C)C)cc2)c2ccc(OC(=O)Cc3ccccc3)cc2)cc1. The number of hydrogen-bond acceptors (Lipinski definition) is 5. The highest BCUT2D eigenvalue weighted by Crippen LogP contribution is 2.31. The van der Waals surface area contributed by atoms with Crippen molar-refractivity contribution in [3.05, 3.63) is 131 Å². The zero-order valence-electron chi connectivity index (χ0n) is 24.4. The Hall–Kier alpha value is -4.35. The molecule has 41 heavy (non-hydrogen) atoms. The van der Waals surface area contributed by atoms with Gasteiger partial charge in [0.05, 0.1) is 20.1 Å². The van der Waals surface area contributed by atoms with Gasteiger partial charge in [0.1, 0.15) is 17.2 Å². The monoisotopic (exact) mass is 549 g/mol. The molecule has 0 spiro atoms. The molecule has 0 N–H and O–H groups in total. The van der Waals surface area contributed by atoms with E-state index >= 15 is 0 Å². The van der Waals surface area contributed by atoms with E-state index in [1.807, 2.05) is 78.9 Å². The number of allylic oxidation sites excluding steroid dienone is 1. The van der Waals surface area contributed by atoms with E-state index in [2.05, 4.69) is 50.2 Å². The van der Waals surface area contributed by atoms with E-state index in [0.29, 0.717) is 12.4 Å². The summed E-state index contributed by atoms with van der Waals surface area (Å²) < 4.78 is 16.9. The number of carbonyl (C=O) groups excluding carboxylic acids is 1. The van der Waals surface area contributed by atoms with Crippen molar-refractivity contribution in [1.82, 2.24) is 4.90 Å². The second-order valence-electron chi connectivity index (χ2n) is 10.4. The Morgan fingerprint density at radius 3 is 1.83 bits per heavy atom. The van der Waals surface area contributed by atoms with Gasteiger partial charge in [0.2, 0.25) is 0 Å². The largest absolute Gasteiger partial charge is 0.497 e. The maximum Gasteiger partial charge on any atom is 0.315 e. The van der Waals surface area contributed by atoms with Gasteiger partial charge in [-0.2, -0.15) is 0 Å². The highest BCUT2D eigenvalue weighted by molar-refractivity contribution is 5.83. The molecule has 0 amide bonds. The molecule has 0 aliphatic rings. The van der Waals surface area contributed by atoms with Crippen molar-refractivity contribution in [1.29, 1.82) is 0 Å². The Bertz CT molecular complexity index is 1410. The normalized spacial score (nSPS) is 11.6. The van der Waals surface area contributed by atoms with Gasteiger partial charge in [-0.3, -0.25) is 4.79 Å². The molecule has 0 unspecified atom stereocenters. The maximum absolute atomic E-state index is 12.5. The lowest BCUT2D eigenvalue weighted by atomic mass is 9.90. The summed E-state index contributed by atoms with van der Waals surface area (Å²) in [6, 6.07) is 33.8. The van der Waals surface area contributed by atoms with Crippen LogP contribution in [0.15, 0.2) is 109 Å². The fraction of sp³-hybridized carbons (Fsp3) is 0.250.